The van der Waals surface area contributed by atoms with E-state index >= 15 is 0 Å². The number of hydrogen-bond acceptors (Lipinski definition) is 1. The molecule has 1 aliphatic rings. The Morgan fingerprint density at radius 2 is 1.50 bits per heavy atom. The molecule has 0 amide bonds. The van der Waals surface area contributed by atoms with E-state index in [1.54, 1.807) is 0 Å². The predicted molar refractivity (Wildman–Crippen MR) is 87.4 cm³/mol. The number of hydrogen-bond donors (Lipinski definition) is 0. The number of benzene rings is 3. The standard InChI is InChI=1S/C19H15N/c1-20-18-9-5-3-7-15(18)10-12-17-16-8-4-2-6-14(16)11-13-19(17)20/h2-13H,1H3. The molecule has 0 spiro atoms. The molecule has 0 aliphatic carbocycles. The van der Waals surface area contributed by atoms with Crippen LogP contribution in [0.2, 0.25) is 0 Å². The van der Waals surface area contributed by atoms with Crippen molar-refractivity contribution in [3.8, 4) is 0 Å². The Bertz CT molecular complexity index is 830. The minimum Gasteiger partial charge on any atom is -0.344 e. The van der Waals surface area contributed by atoms with E-state index in [0.717, 1.165) is 0 Å². The first kappa shape index (κ1) is 11.3. The Balaban J connectivity index is 2.06. The van der Waals surface area contributed by atoms with Gasteiger partial charge in [0.05, 0.1) is 0 Å². The van der Waals surface area contributed by atoms with E-state index in [0.29, 0.717) is 0 Å². The molecule has 1 nitrogen and oxygen atoms in total. The third-order valence-corrected chi connectivity index (χ3v) is 4.04. The van der Waals surface area contributed by atoms with Crippen molar-refractivity contribution in [3.05, 3.63) is 71.8 Å². The van der Waals surface area contributed by atoms with Crippen LogP contribution in [0.25, 0.3) is 22.9 Å². The van der Waals surface area contributed by atoms with Gasteiger partial charge in [0, 0.05) is 24.0 Å². The molecule has 96 valence electrons. The highest BCUT2D eigenvalue weighted by molar-refractivity contribution is 6.01. The summed E-state index contributed by atoms with van der Waals surface area (Å²) in [5.41, 5.74) is 5.06. The largest absolute Gasteiger partial charge is 0.344 e. The zero-order valence-electron chi connectivity index (χ0n) is 11.4. The Hall–Kier alpha value is -2.54. The van der Waals surface area contributed by atoms with Crippen LogP contribution in [-0.4, -0.2) is 7.05 Å². The Labute approximate surface area is 118 Å². The Morgan fingerprint density at radius 1 is 0.700 bits per heavy atom. The third kappa shape index (κ3) is 1.56. The number of para-hydroxylation sites is 1. The first-order valence-corrected chi connectivity index (χ1v) is 6.87. The number of rotatable bonds is 0. The van der Waals surface area contributed by atoms with Crippen molar-refractivity contribution in [2.75, 3.05) is 11.9 Å². The van der Waals surface area contributed by atoms with Gasteiger partial charge in [-0.05, 0) is 28.5 Å². The summed E-state index contributed by atoms with van der Waals surface area (Å²) in [6, 6.07) is 21.5. The summed E-state index contributed by atoms with van der Waals surface area (Å²) in [6.07, 6.45) is 4.45. The van der Waals surface area contributed by atoms with Crippen molar-refractivity contribution in [2.24, 2.45) is 0 Å². The van der Waals surface area contributed by atoms with Crippen LogP contribution in [0.5, 0.6) is 0 Å². The predicted octanol–water partition coefficient (Wildman–Crippen LogP) is 5.09. The van der Waals surface area contributed by atoms with Gasteiger partial charge < -0.3 is 4.90 Å². The van der Waals surface area contributed by atoms with Crippen LogP contribution in [0.15, 0.2) is 60.7 Å². The lowest BCUT2D eigenvalue weighted by molar-refractivity contribution is 1.21. The van der Waals surface area contributed by atoms with Crippen LogP contribution in [0, 0.1) is 0 Å². The fourth-order valence-electron chi connectivity index (χ4n) is 2.99. The van der Waals surface area contributed by atoms with Crippen molar-refractivity contribution >= 4 is 34.3 Å². The zero-order chi connectivity index (χ0) is 13.5. The average molecular weight is 257 g/mol. The second-order valence-electron chi connectivity index (χ2n) is 5.17. The molecule has 0 bridgehead atoms. The normalized spacial score (nSPS) is 12.9. The lowest BCUT2D eigenvalue weighted by Crippen LogP contribution is -2.11. The molecule has 3 aromatic carbocycles. The molecule has 0 saturated carbocycles. The first-order valence-electron chi connectivity index (χ1n) is 6.87. The fourth-order valence-corrected chi connectivity index (χ4v) is 2.99. The van der Waals surface area contributed by atoms with Gasteiger partial charge in [-0.1, -0.05) is 60.7 Å². The maximum atomic E-state index is 2.27. The summed E-state index contributed by atoms with van der Waals surface area (Å²) in [6.45, 7) is 0. The van der Waals surface area contributed by atoms with Gasteiger partial charge in [-0.3, -0.25) is 0 Å². The van der Waals surface area contributed by atoms with E-state index < -0.39 is 0 Å². The van der Waals surface area contributed by atoms with Gasteiger partial charge >= 0.3 is 0 Å². The number of fused-ring (bicyclic) bond motifs is 4. The molecule has 1 aliphatic heterocycles. The topological polar surface area (TPSA) is 3.24 Å². The molecule has 1 heterocycles. The maximum absolute atomic E-state index is 2.27. The van der Waals surface area contributed by atoms with Gasteiger partial charge in [0.25, 0.3) is 0 Å². The van der Waals surface area contributed by atoms with E-state index in [2.05, 4.69) is 84.8 Å². The Kier molecular flexibility index (Phi) is 2.40. The van der Waals surface area contributed by atoms with Crippen LogP contribution in [-0.2, 0) is 0 Å². The van der Waals surface area contributed by atoms with E-state index in [1.807, 2.05) is 0 Å². The fraction of sp³-hybridized carbons (Fsp3) is 0.0526. The highest BCUT2D eigenvalue weighted by Gasteiger charge is 2.15. The van der Waals surface area contributed by atoms with Crippen LogP contribution < -0.4 is 4.90 Å². The molecule has 0 saturated heterocycles. The second kappa shape index (κ2) is 4.24. The lowest BCUT2D eigenvalue weighted by Gasteiger charge is -2.22. The molecule has 3 aromatic rings. The van der Waals surface area contributed by atoms with Crippen molar-refractivity contribution in [1.29, 1.82) is 0 Å². The SMILES string of the molecule is CN1c2ccccc2C=Cc2c1ccc1ccccc21. The molecule has 0 N–H and O–H groups in total. The zero-order valence-corrected chi connectivity index (χ0v) is 11.4. The molecule has 0 atom stereocenters. The summed E-state index contributed by atoms with van der Waals surface area (Å²) in [4.78, 5) is 2.27. The summed E-state index contributed by atoms with van der Waals surface area (Å²) < 4.78 is 0. The maximum Gasteiger partial charge on any atom is 0.0488 e. The highest BCUT2D eigenvalue weighted by Crippen LogP contribution is 2.38. The van der Waals surface area contributed by atoms with Crippen LogP contribution in [0.3, 0.4) is 0 Å². The molecular formula is C19H15N. The molecule has 20 heavy (non-hydrogen) atoms. The molecule has 0 aromatic heterocycles. The van der Waals surface area contributed by atoms with Crippen molar-refractivity contribution < 1.29 is 0 Å². The van der Waals surface area contributed by atoms with Crippen molar-refractivity contribution in [3.63, 3.8) is 0 Å². The van der Waals surface area contributed by atoms with Gasteiger partial charge in [-0.2, -0.15) is 0 Å². The van der Waals surface area contributed by atoms with E-state index in [-0.39, 0.29) is 0 Å². The summed E-state index contributed by atoms with van der Waals surface area (Å²) in [5, 5.41) is 2.59. The molecule has 1 heteroatoms. The first-order chi connectivity index (χ1) is 9.84. The van der Waals surface area contributed by atoms with Crippen LogP contribution in [0.4, 0.5) is 11.4 Å². The minimum atomic E-state index is 1.25. The van der Waals surface area contributed by atoms with Gasteiger partial charge in [0.1, 0.15) is 0 Å². The molecular weight excluding hydrogens is 242 g/mol. The molecule has 0 unspecified atom stereocenters. The molecule has 0 fully saturated rings. The van der Waals surface area contributed by atoms with Gasteiger partial charge in [0.15, 0.2) is 0 Å². The second-order valence-corrected chi connectivity index (χ2v) is 5.17. The van der Waals surface area contributed by atoms with Crippen LogP contribution >= 0.6 is 0 Å². The number of nitrogens with zero attached hydrogens (tertiary/aromatic N) is 1. The molecule has 4 rings (SSSR count). The van der Waals surface area contributed by atoms with Gasteiger partial charge in [-0.25, -0.2) is 0 Å². The summed E-state index contributed by atoms with van der Waals surface area (Å²) in [5.74, 6) is 0. The quantitative estimate of drug-likeness (QED) is 0.542. The third-order valence-electron chi connectivity index (χ3n) is 4.04. The lowest BCUT2D eigenvalue weighted by atomic mass is 10.0. The Morgan fingerprint density at radius 3 is 2.45 bits per heavy atom. The minimum absolute atomic E-state index is 1.25. The smallest absolute Gasteiger partial charge is 0.0488 e. The van der Waals surface area contributed by atoms with Crippen molar-refractivity contribution in [1.82, 2.24) is 0 Å². The van der Waals surface area contributed by atoms with Crippen molar-refractivity contribution in [2.45, 2.75) is 0 Å². The van der Waals surface area contributed by atoms with E-state index in [1.165, 1.54) is 33.3 Å². The average Bonchev–Trinajstić information content (AvgIpc) is 2.65. The van der Waals surface area contributed by atoms with E-state index in [4.69, 9.17) is 0 Å². The highest BCUT2D eigenvalue weighted by atomic mass is 15.1. The van der Waals surface area contributed by atoms with Gasteiger partial charge in [0.2, 0.25) is 0 Å². The summed E-state index contributed by atoms with van der Waals surface area (Å²) >= 11 is 0. The number of anilines is 2. The molecule has 0 radical (unpaired) electrons. The van der Waals surface area contributed by atoms with E-state index in [9.17, 15) is 0 Å². The van der Waals surface area contributed by atoms with Gasteiger partial charge in [-0.15, -0.1) is 0 Å². The summed E-state index contributed by atoms with van der Waals surface area (Å²) in [7, 11) is 2.14. The monoisotopic (exact) mass is 257 g/mol. The van der Waals surface area contributed by atoms with Crippen LogP contribution in [0.1, 0.15) is 11.1 Å².